The Bertz CT molecular complexity index is 4630. The van der Waals surface area contributed by atoms with E-state index < -0.39 is 220 Å². The number of carbonyl (C=O) groups excluding carboxylic acids is 9. The maximum atomic E-state index is 16.3. The van der Waals surface area contributed by atoms with Crippen molar-refractivity contribution in [3.63, 3.8) is 0 Å². The summed E-state index contributed by atoms with van der Waals surface area (Å²) < 4.78 is 31.4. The van der Waals surface area contributed by atoms with Crippen LogP contribution in [-0.2, 0) is 54.3 Å². The SMILES string of the molecule is NCCNC(=O)C(CCO)OC(=O)[C@@H]1NC(=O)[C@H]2NC(=O)[C@H](NC(=O)[C@@H]3NC(=O)[C@H]4NC(=O)[C@@H](Cc5ccc(c(Cl)c5)Oc5cc3cc(c5OC(CCO)C(=O)NCCN)Oc3ccc(cc3Cl)[C@H]2O)NC(=O)[C@H](N)c2ccc(O)c(c2)Oc2cc(O)cc4c2)c2ccc(O)c(c2)-c2c(O)cc(O)cc21. The average Bonchev–Trinajstić information content (AvgIpc) is 0.763. The quantitative estimate of drug-likeness (QED) is 0.0690. The zero-order valence-electron chi connectivity index (χ0n) is 54.9. The van der Waals surface area contributed by atoms with E-state index in [1.165, 1.54) is 48.5 Å². The van der Waals surface area contributed by atoms with Crippen LogP contribution in [0, 0.1) is 0 Å². The summed E-state index contributed by atoms with van der Waals surface area (Å²) in [5.41, 5.74) is 15.2. The molecule has 0 fully saturated rings. The number of nitrogens with one attached hydrogen (secondary N) is 8. The lowest BCUT2D eigenvalue weighted by Crippen LogP contribution is -2.55. The molecule has 33 nitrogen and oxygen atoms in total. The number of ether oxygens (including phenoxy) is 5. The van der Waals surface area contributed by atoms with Crippen LogP contribution in [-0.4, -0.2) is 158 Å². The molecular formula is C70H69Cl2N11O22. The number of phenolic OH excluding ortho intramolecular Hbond substituents is 5. The van der Waals surface area contributed by atoms with Crippen LogP contribution in [0.25, 0.3) is 11.1 Å². The number of aromatic hydroxyl groups is 5. The molecule has 10 atom stereocenters. The molecule has 0 saturated carbocycles. The number of carbonyl (C=O) groups is 9. The number of aliphatic hydroxyl groups excluding tert-OH is 3. The molecule has 6 aliphatic heterocycles. The second-order valence-electron chi connectivity index (χ2n) is 24.5. The molecule has 6 heterocycles. The molecule has 17 bridgehead atoms. The number of rotatable bonds is 14. The molecule has 13 rings (SSSR count). The number of nitrogens with two attached hydrogens (primary N) is 3. The first-order valence-corrected chi connectivity index (χ1v) is 33.2. The fourth-order valence-corrected chi connectivity index (χ4v) is 12.5. The summed E-state index contributed by atoms with van der Waals surface area (Å²) in [6, 6.07) is 7.01. The van der Waals surface area contributed by atoms with Crippen LogP contribution in [0.3, 0.4) is 0 Å². The molecule has 35 heteroatoms. The van der Waals surface area contributed by atoms with Gasteiger partial charge in [0.1, 0.15) is 82.6 Å². The minimum Gasteiger partial charge on any atom is -0.508 e. The summed E-state index contributed by atoms with van der Waals surface area (Å²) in [7, 11) is 0. The summed E-state index contributed by atoms with van der Waals surface area (Å²) in [4.78, 5) is 135. The van der Waals surface area contributed by atoms with Crippen molar-refractivity contribution >= 4 is 76.4 Å². The van der Waals surface area contributed by atoms with Crippen LogP contribution >= 0.6 is 23.2 Å². The standard InChI is InChI=1S/C70H69Cl2N11O22/c71-40-17-29-1-7-46(40)102-51-24-34-25-52(61(51)104-48(9-15-84)63(93)76-13-11-73)103-47-8-4-32(22-41(47)72)60(91)59-69(99)82-58(70(100)105-49(10-16-85)64(94)77-14-12-74)39-27-36(87)28-45(90)53(39)38-21-31(3-5-43(38)88)55(66(96)83-59)80-68(98)57(34)81-67(97)56-33-19-35(86)26-37(20-33)101-50-23-30(2-6-44(50)89)54(75)65(95)78-42(18-29)62(92)79-56/h1-8,17,19-28,42,48-49,54-60,84-91H,9-16,18,73-75H2,(H,76,93)(H,77,94)(H,78,95)(H,79,92)(H,80,98)(H,81,97)(H,82,99)(H,83,96)/t42-,48?,49?,54-,55-,56+,57-,58-,59+,60-/m1/s1. The van der Waals surface area contributed by atoms with Gasteiger partial charge >= 0.3 is 5.97 Å². The Kier molecular flexibility index (Phi) is 22.6. The monoisotopic (exact) mass is 1490 g/mol. The van der Waals surface area contributed by atoms with Gasteiger partial charge in [-0.15, -0.1) is 0 Å². The maximum Gasteiger partial charge on any atom is 0.334 e. The average molecular weight is 1490 g/mol. The van der Waals surface area contributed by atoms with Gasteiger partial charge in [0, 0.05) is 87.5 Å². The van der Waals surface area contributed by atoms with Crippen molar-refractivity contribution in [3.05, 3.63) is 164 Å². The third-order valence-corrected chi connectivity index (χ3v) is 17.8. The van der Waals surface area contributed by atoms with Crippen molar-refractivity contribution in [3.8, 4) is 80.1 Å². The Morgan fingerprint density at radius 3 is 1.74 bits per heavy atom. The Morgan fingerprint density at radius 2 is 1.10 bits per heavy atom. The van der Waals surface area contributed by atoms with Gasteiger partial charge in [0.05, 0.1) is 10.0 Å². The molecular weight excluding hydrogens is 1420 g/mol. The van der Waals surface area contributed by atoms with Crippen molar-refractivity contribution in [2.45, 2.75) is 79.9 Å². The number of halogens is 2. The molecule has 0 aromatic heterocycles. The topological polar surface area (TPSA) is 536 Å². The van der Waals surface area contributed by atoms with Gasteiger partial charge in [-0.05, 0) is 112 Å². The minimum atomic E-state index is -2.34. The number of phenols is 5. The molecule has 2 unspecified atom stereocenters. The highest BCUT2D eigenvalue weighted by atomic mass is 35.5. The molecule has 0 spiro atoms. The van der Waals surface area contributed by atoms with Gasteiger partial charge in [-0.3, -0.25) is 38.4 Å². The zero-order chi connectivity index (χ0) is 75.2. The molecule has 7 aromatic carbocycles. The molecule has 0 aliphatic carbocycles. The molecule has 105 heavy (non-hydrogen) atoms. The van der Waals surface area contributed by atoms with Gasteiger partial charge in [-0.1, -0.05) is 47.5 Å². The molecule has 550 valence electrons. The van der Waals surface area contributed by atoms with Crippen molar-refractivity contribution in [2.75, 3.05) is 39.4 Å². The molecule has 0 radical (unpaired) electrons. The summed E-state index contributed by atoms with van der Waals surface area (Å²) in [6.45, 7) is -1.74. The highest BCUT2D eigenvalue weighted by Gasteiger charge is 2.43. The van der Waals surface area contributed by atoms with Crippen LogP contribution in [0.1, 0.15) is 88.1 Å². The minimum absolute atomic E-state index is 0.0455. The highest BCUT2D eigenvalue weighted by Crippen LogP contribution is 2.49. The number of benzene rings is 7. The first-order chi connectivity index (χ1) is 50.2. The largest absolute Gasteiger partial charge is 0.508 e. The van der Waals surface area contributed by atoms with E-state index in [0.29, 0.717) is 0 Å². The summed E-state index contributed by atoms with van der Waals surface area (Å²) in [5, 5.41) is 110. The van der Waals surface area contributed by atoms with E-state index in [9.17, 15) is 60.0 Å². The first kappa shape index (κ1) is 74.5. The van der Waals surface area contributed by atoms with Crippen LogP contribution in [0.4, 0.5) is 0 Å². The number of amides is 8. The van der Waals surface area contributed by atoms with Crippen molar-refractivity contribution in [1.29, 1.82) is 0 Å². The second-order valence-corrected chi connectivity index (χ2v) is 25.3. The summed E-state index contributed by atoms with van der Waals surface area (Å²) in [6.07, 6.45) is -7.08. The smallest absolute Gasteiger partial charge is 0.334 e. The Hall–Kier alpha value is -11.7. The predicted octanol–water partition coefficient (Wildman–Crippen LogP) is 1.77. The van der Waals surface area contributed by atoms with Crippen LogP contribution in [0.15, 0.2) is 115 Å². The van der Waals surface area contributed by atoms with E-state index in [4.69, 9.17) is 64.1 Å². The molecule has 8 amide bonds. The lowest BCUT2D eigenvalue weighted by atomic mass is 9.89. The van der Waals surface area contributed by atoms with Gasteiger partial charge in [0.25, 0.3) is 11.8 Å². The fourth-order valence-electron chi connectivity index (χ4n) is 12.0. The lowest BCUT2D eigenvalue weighted by molar-refractivity contribution is -0.160. The highest BCUT2D eigenvalue weighted by molar-refractivity contribution is 6.32. The molecule has 0 saturated heterocycles. The number of hydrogen-bond acceptors (Lipinski definition) is 25. The number of esters is 1. The summed E-state index contributed by atoms with van der Waals surface area (Å²) >= 11 is 14.2. The van der Waals surface area contributed by atoms with E-state index in [1.54, 1.807) is 0 Å². The van der Waals surface area contributed by atoms with Crippen LogP contribution in [0.5, 0.6) is 69.0 Å². The van der Waals surface area contributed by atoms with Gasteiger partial charge in [0.2, 0.25) is 41.2 Å². The normalized spacial score (nSPS) is 20.5. The van der Waals surface area contributed by atoms with E-state index in [1.807, 2.05) is 0 Å². The molecule has 22 N–H and O–H groups in total. The number of fused-ring (bicyclic) bond motifs is 14. The third-order valence-electron chi connectivity index (χ3n) is 17.2. The third kappa shape index (κ3) is 16.4. The van der Waals surface area contributed by atoms with Crippen molar-refractivity contribution in [1.82, 2.24) is 42.5 Å². The van der Waals surface area contributed by atoms with Gasteiger partial charge < -0.3 is 124 Å². The van der Waals surface area contributed by atoms with E-state index >= 15 is 24.0 Å². The Morgan fingerprint density at radius 1 is 0.533 bits per heavy atom. The number of hydrogen-bond donors (Lipinski definition) is 19. The van der Waals surface area contributed by atoms with Crippen LogP contribution in [0.2, 0.25) is 10.0 Å². The second kappa shape index (κ2) is 31.9. The van der Waals surface area contributed by atoms with E-state index in [-0.39, 0.29) is 82.0 Å². The van der Waals surface area contributed by atoms with Crippen molar-refractivity contribution in [2.24, 2.45) is 17.2 Å². The Labute approximate surface area is 604 Å². The van der Waals surface area contributed by atoms with Gasteiger partial charge in [-0.25, -0.2) is 4.79 Å². The molecule has 7 aromatic rings. The van der Waals surface area contributed by atoms with Crippen molar-refractivity contribution < 1.29 is 108 Å². The zero-order valence-corrected chi connectivity index (χ0v) is 56.4. The van der Waals surface area contributed by atoms with Gasteiger partial charge in [-0.2, -0.15) is 0 Å². The fraction of sp³-hybridized carbons (Fsp3) is 0.271. The molecule has 6 aliphatic rings. The van der Waals surface area contributed by atoms with E-state index in [2.05, 4.69) is 42.5 Å². The number of aliphatic hydroxyl groups is 3. The first-order valence-electron chi connectivity index (χ1n) is 32.4. The maximum absolute atomic E-state index is 16.3. The van der Waals surface area contributed by atoms with Crippen LogP contribution < -0.4 is 78.7 Å². The van der Waals surface area contributed by atoms with Gasteiger partial charge in [0.15, 0.2) is 41.2 Å². The Balaban J connectivity index is 1.17. The summed E-state index contributed by atoms with van der Waals surface area (Å²) in [5.74, 6) is -17.1. The van der Waals surface area contributed by atoms with E-state index in [0.717, 1.165) is 66.7 Å². The lowest BCUT2D eigenvalue weighted by Gasteiger charge is -2.32. The predicted molar refractivity (Wildman–Crippen MR) is 367 cm³/mol.